The molecule has 1 saturated carbocycles. The third-order valence-electron chi connectivity index (χ3n) is 5.54. The van der Waals surface area contributed by atoms with E-state index in [0.29, 0.717) is 17.0 Å². The number of nitrogens with zero attached hydrogens (tertiary/aromatic N) is 2. The van der Waals surface area contributed by atoms with Crippen molar-refractivity contribution in [3.63, 3.8) is 0 Å². The van der Waals surface area contributed by atoms with E-state index < -0.39 is 27.8 Å². The highest BCUT2D eigenvalue weighted by molar-refractivity contribution is 7.88. The van der Waals surface area contributed by atoms with Crippen LogP contribution < -0.4 is 9.46 Å². The van der Waals surface area contributed by atoms with Crippen LogP contribution in [-0.4, -0.2) is 42.8 Å². The van der Waals surface area contributed by atoms with Gasteiger partial charge in [-0.3, -0.25) is 4.79 Å². The summed E-state index contributed by atoms with van der Waals surface area (Å²) in [5.74, 6) is -1.69. The number of benzene rings is 1. The van der Waals surface area contributed by atoms with Crippen LogP contribution in [0.3, 0.4) is 0 Å². The quantitative estimate of drug-likeness (QED) is 0.699. The van der Waals surface area contributed by atoms with Gasteiger partial charge in [-0.25, -0.2) is 18.5 Å². The van der Waals surface area contributed by atoms with Crippen molar-refractivity contribution < 1.29 is 26.7 Å². The molecule has 2 aromatic rings. The Hall–Kier alpha value is -2.59. The lowest BCUT2D eigenvalue weighted by atomic mass is 10.0. The third-order valence-corrected chi connectivity index (χ3v) is 7.02. The summed E-state index contributed by atoms with van der Waals surface area (Å²) in [4.78, 5) is 15.5. The average molecular weight is 451 g/mol. The molecule has 1 aliphatic heterocycles. The highest BCUT2D eigenvalue weighted by atomic mass is 32.2. The Morgan fingerprint density at radius 1 is 1.19 bits per heavy atom. The summed E-state index contributed by atoms with van der Waals surface area (Å²) in [7, 11) is -3.84. The van der Waals surface area contributed by atoms with Gasteiger partial charge in [0.05, 0.1) is 6.54 Å². The van der Waals surface area contributed by atoms with Gasteiger partial charge in [0.25, 0.3) is 0 Å². The zero-order chi connectivity index (χ0) is 22.0. The number of ether oxygens (including phenoxy) is 1. The number of carbonyl (C=O) groups excluding carboxylic acids is 1. The van der Waals surface area contributed by atoms with Gasteiger partial charge in [-0.15, -0.1) is 0 Å². The zero-order valence-corrected chi connectivity index (χ0v) is 17.6. The van der Waals surface area contributed by atoms with Gasteiger partial charge in [-0.1, -0.05) is 0 Å². The van der Waals surface area contributed by atoms with Gasteiger partial charge in [0, 0.05) is 23.9 Å². The second-order valence-electron chi connectivity index (χ2n) is 7.77. The zero-order valence-electron chi connectivity index (χ0n) is 16.8. The fraction of sp³-hybridized carbons (Fsp3) is 0.429. The summed E-state index contributed by atoms with van der Waals surface area (Å²) in [5, 5.41) is 0. The Kier molecular flexibility index (Phi) is 6.19. The maximum atomic E-state index is 14.7. The van der Waals surface area contributed by atoms with Gasteiger partial charge in [0.2, 0.25) is 11.8 Å². The Balaban J connectivity index is 1.48. The Labute approximate surface area is 179 Å². The van der Waals surface area contributed by atoms with E-state index in [-0.39, 0.29) is 37.6 Å². The van der Waals surface area contributed by atoms with Gasteiger partial charge >= 0.3 is 10.2 Å². The topological polar surface area (TPSA) is 88.6 Å². The number of hydrogen-bond acceptors (Lipinski definition) is 5. The van der Waals surface area contributed by atoms with Crippen LogP contribution in [0.5, 0.6) is 5.88 Å². The highest BCUT2D eigenvalue weighted by Gasteiger charge is 2.33. The van der Waals surface area contributed by atoms with Gasteiger partial charge in [-0.2, -0.15) is 12.7 Å². The predicted molar refractivity (Wildman–Crippen MR) is 109 cm³/mol. The lowest BCUT2D eigenvalue weighted by Gasteiger charge is -2.16. The minimum absolute atomic E-state index is 0.00335. The number of aromatic nitrogens is 1. The molecule has 0 spiro atoms. The van der Waals surface area contributed by atoms with Crippen molar-refractivity contribution in [3.8, 4) is 17.0 Å². The Morgan fingerprint density at radius 3 is 2.55 bits per heavy atom. The van der Waals surface area contributed by atoms with Crippen molar-refractivity contribution in [1.29, 1.82) is 0 Å². The normalized spacial score (nSPS) is 19.0. The van der Waals surface area contributed by atoms with Crippen molar-refractivity contribution in [2.75, 3.05) is 13.1 Å². The third kappa shape index (κ3) is 4.85. The van der Waals surface area contributed by atoms with Crippen molar-refractivity contribution in [2.45, 2.75) is 44.6 Å². The molecule has 2 fully saturated rings. The van der Waals surface area contributed by atoms with Gasteiger partial charge < -0.3 is 4.74 Å². The number of pyridine rings is 1. The molecule has 1 aliphatic carbocycles. The number of amides is 1. The van der Waals surface area contributed by atoms with Crippen molar-refractivity contribution in [1.82, 2.24) is 14.0 Å². The van der Waals surface area contributed by atoms with Crippen LogP contribution in [-0.2, 0) is 21.4 Å². The molecule has 2 aliphatic rings. The molecule has 7 nitrogen and oxygen atoms in total. The second kappa shape index (κ2) is 8.88. The number of carbonyl (C=O) groups is 1. The van der Waals surface area contributed by atoms with Crippen molar-refractivity contribution in [2.24, 2.45) is 0 Å². The Morgan fingerprint density at radius 2 is 1.90 bits per heavy atom. The summed E-state index contributed by atoms with van der Waals surface area (Å²) in [5.41, 5.74) is 0.727. The van der Waals surface area contributed by atoms with Crippen LogP contribution >= 0.6 is 0 Å². The van der Waals surface area contributed by atoms with E-state index in [4.69, 9.17) is 4.74 Å². The molecule has 0 unspecified atom stereocenters. The molecule has 0 radical (unpaired) electrons. The molecule has 31 heavy (non-hydrogen) atoms. The first-order chi connectivity index (χ1) is 14.8. The molecule has 1 aromatic heterocycles. The standard InChI is InChI=1S/C21H23F2N3O4S/c22-18-11-14(16-7-3-9-24-21(16)30-15-5-1-2-6-15)12-19(23)17(18)8-4-10-26-13-20(27)25-31(26,28)29/h3,7,9,11-12,15H,1-2,4-6,8,10,13H2,(H,25,27). The molecule has 1 amide bonds. The molecular weight excluding hydrogens is 428 g/mol. The van der Waals surface area contributed by atoms with E-state index in [2.05, 4.69) is 4.98 Å². The summed E-state index contributed by atoms with van der Waals surface area (Å²) in [6, 6.07) is 5.89. The van der Waals surface area contributed by atoms with Crippen LogP contribution in [0.4, 0.5) is 8.78 Å². The van der Waals surface area contributed by atoms with E-state index in [0.717, 1.165) is 30.0 Å². The maximum Gasteiger partial charge on any atom is 0.304 e. The fourth-order valence-corrected chi connectivity index (χ4v) is 5.12. The van der Waals surface area contributed by atoms with Crippen molar-refractivity contribution in [3.05, 3.63) is 47.7 Å². The van der Waals surface area contributed by atoms with E-state index >= 15 is 0 Å². The number of nitrogens with one attached hydrogen (secondary N) is 1. The number of halogens is 2. The summed E-state index contributed by atoms with van der Waals surface area (Å²) in [6.45, 7) is -0.291. The summed E-state index contributed by atoms with van der Waals surface area (Å²) in [6.07, 6.45) is 5.87. The van der Waals surface area contributed by atoms with E-state index in [1.807, 2.05) is 4.72 Å². The van der Waals surface area contributed by atoms with Crippen LogP contribution in [0, 0.1) is 11.6 Å². The van der Waals surface area contributed by atoms with Gasteiger partial charge in [0.1, 0.15) is 17.7 Å². The van der Waals surface area contributed by atoms with E-state index in [1.54, 1.807) is 18.3 Å². The molecule has 0 atom stereocenters. The first-order valence-electron chi connectivity index (χ1n) is 10.2. The first kappa shape index (κ1) is 21.6. The summed E-state index contributed by atoms with van der Waals surface area (Å²) >= 11 is 0. The maximum absolute atomic E-state index is 14.7. The van der Waals surface area contributed by atoms with Crippen LogP contribution in [0.15, 0.2) is 30.5 Å². The molecule has 166 valence electrons. The van der Waals surface area contributed by atoms with E-state index in [9.17, 15) is 22.0 Å². The van der Waals surface area contributed by atoms with Crippen molar-refractivity contribution >= 4 is 16.1 Å². The van der Waals surface area contributed by atoms with Crippen LogP contribution in [0.25, 0.3) is 11.1 Å². The SMILES string of the molecule is O=C1CN(CCCc2c(F)cc(-c3cccnc3OC3CCCC3)cc2F)S(=O)(=O)N1. The lowest BCUT2D eigenvalue weighted by molar-refractivity contribution is -0.118. The average Bonchev–Trinajstić information content (AvgIpc) is 3.31. The second-order valence-corrected chi connectivity index (χ2v) is 9.44. The van der Waals surface area contributed by atoms with Gasteiger partial charge in [0.15, 0.2) is 0 Å². The minimum Gasteiger partial charge on any atom is -0.474 e. The first-order valence-corrected chi connectivity index (χ1v) is 11.7. The highest BCUT2D eigenvalue weighted by Crippen LogP contribution is 2.33. The predicted octanol–water partition coefficient (Wildman–Crippen LogP) is 2.96. The molecule has 1 N–H and O–H groups in total. The molecule has 1 saturated heterocycles. The largest absolute Gasteiger partial charge is 0.474 e. The molecule has 2 heterocycles. The minimum atomic E-state index is -3.84. The molecule has 1 aromatic carbocycles. The Bertz CT molecular complexity index is 1060. The van der Waals surface area contributed by atoms with Crippen LogP contribution in [0.2, 0.25) is 0 Å². The monoisotopic (exact) mass is 451 g/mol. The molecule has 0 bridgehead atoms. The molecule has 10 heteroatoms. The number of rotatable bonds is 7. The fourth-order valence-electron chi connectivity index (χ4n) is 3.98. The number of hydrogen-bond donors (Lipinski definition) is 1. The molecular formula is C21H23F2N3O4S. The smallest absolute Gasteiger partial charge is 0.304 e. The summed E-state index contributed by atoms with van der Waals surface area (Å²) < 4.78 is 61.8. The molecule has 4 rings (SSSR count). The van der Waals surface area contributed by atoms with E-state index in [1.165, 1.54) is 12.1 Å². The van der Waals surface area contributed by atoms with Crippen LogP contribution in [0.1, 0.15) is 37.7 Å². The van der Waals surface area contributed by atoms with Gasteiger partial charge in [-0.05, 0) is 68.4 Å². The lowest BCUT2D eigenvalue weighted by Crippen LogP contribution is -2.30.